The number of aromatic nitrogens is 4. The van der Waals surface area contributed by atoms with Gasteiger partial charge in [0.15, 0.2) is 0 Å². The van der Waals surface area contributed by atoms with Crippen molar-refractivity contribution in [3.8, 4) is 0 Å². The van der Waals surface area contributed by atoms with Gasteiger partial charge in [-0.25, -0.2) is 8.42 Å². The summed E-state index contributed by atoms with van der Waals surface area (Å²) in [5.41, 5.74) is 2.82. The predicted octanol–water partition coefficient (Wildman–Crippen LogP) is 3.06. The molecule has 8 heteroatoms. The van der Waals surface area contributed by atoms with Crippen molar-refractivity contribution < 1.29 is 8.42 Å². The summed E-state index contributed by atoms with van der Waals surface area (Å²) < 4.78 is 31.6. The van der Waals surface area contributed by atoms with Crippen LogP contribution in [0, 0.1) is 0 Å². The van der Waals surface area contributed by atoms with E-state index < -0.39 is 10.0 Å². The van der Waals surface area contributed by atoms with Gasteiger partial charge in [0.2, 0.25) is 10.0 Å². The molecular weight excluding hydrogens is 374 g/mol. The highest BCUT2D eigenvalue weighted by Gasteiger charge is 2.26. The molecule has 1 aromatic carbocycles. The third-order valence-corrected chi connectivity index (χ3v) is 6.74. The van der Waals surface area contributed by atoms with Crippen molar-refractivity contribution in [3.05, 3.63) is 65.7 Å². The molecule has 0 fully saturated rings. The maximum absolute atomic E-state index is 13.4. The molecule has 2 heterocycles. The molecule has 1 unspecified atom stereocenters. The lowest BCUT2D eigenvalue weighted by atomic mass is 9.99. The van der Waals surface area contributed by atoms with Crippen LogP contribution in [0.4, 0.5) is 0 Å². The molecule has 7 nitrogen and oxygen atoms in total. The molecule has 2 aromatic heterocycles. The van der Waals surface area contributed by atoms with Crippen LogP contribution in [-0.2, 0) is 37.2 Å². The number of hydrogen-bond donors (Lipinski definition) is 0. The Hall–Kier alpha value is -2.45. The van der Waals surface area contributed by atoms with Crippen LogP contribution in [0.5, 0.6) is 0 Å². The zero-order chi connectivity index (χ0) is 20.3. The van der Waals surface area contributed by atoms with Crippen molar-refractivity contribution in [1.82, 2.24) is 23.9 Å². The number of hydrogen-bond acceptors (Lipinski definition) is 4. The average molecular weight is 402 g/mol. The van der Waals surface area contributed by atoms with E-state index in [0.717, 1.165) is 23.1 Å². The Morgan fingerprint density at radius 1 is 0.964 bits per heavy atom. The van der Waals surface area contributed by atoms with Crippen molar-refractivity contribution in [3.63, 3.8) is 0 Å². The number of sulfonamides is 1. The number of benzene rings is 1. The van der Waals surface area contributed by atoms with Crippen LogP contribution in [0.1, 0.15) is 42.9 Å². The van der Waals surface area contributed by atoms with Crippen molar-refractivity contribution in [2.24, 2.45) is 14.1 Å². The van der Waals surface area contributed by atoms with E-state index in [1.165, 1.54) is 4.31 Å². The van der Waals surface area contributed by atoms with Gasteiger partial charge < -0.3 is 0 Å². The average Bonchev–Trinajstić information content (AvgIpc) is 3.28. The second kappa shape index (κ2) is 8.28. The Labute approximate surface area is 166 Å². The normalized spacial score (nSPS) is 13.2. The molecule has 1 atom stereocenters. The minimum Gasteiger partial charge on any atom is -0.275 e. The fraction of sp³-hybridized carbons (Fsp3) is 0.400. The van der Waals surface area contributed by atoms with Crippen LogP contribution >= 0.6 is 0 Å². The van der Waals surface area contributed by atoms with Gasteiger partial charge in [-0.3, -0.25) is 9.36 Å². The van der Waals surface area contributed by atoms with Gasteiger partial charge in [-0.2, -0.15) is 14.5 Å². The predicted molar refractivity (Wildman–Crippen MR) is 108 cm³/mol. The molecule has 0 amide bonds. The monoisotopic (exact) mass is 401 g/mol. The lowest BCUT2D eigenvalue weighted by Gasteiger charge is -2.21. The molecule has 0 bridgehead atoms. The molecule has 150 valence electrons. The van der Waals surface area contributed by atoms with Gasteiger partial charge in [0.05, 0.1) is 17.3 Å². The molecular formula is C20H27N5O2S. The zero-order valence-corrected chi connectivity index (χ0v) is 17.6. The van der Waals surface area contributed by atoms with Crippen LogP contribution in [0.15, 0.2) is 53.9 Å². The van der Waals surface area contributed by atoms with Crippen LogP contribution in [0.3, 0.4) is 0 Å². The first kappa shape index (κ1) is 20.3. The third kappa shape index (κ3) is 4.51. The van der Waals surface area contributed by atoms with Crippen LogP contribution < -0.4 is 0 Å². The van der Waals surface area contributed by atoms with Crippen LogP contribution in [0.25, 0.3) is 0 Å². The topological polar surface area (TPSA) is 73.0 Å². The van der Waals surface area contributed by atoms with E-state index in [0.29, 0.717) is 10.8 Å². The SMILES string of the molecule is CCC(C)c1ccc(S(=O)(=O)N(Cc2cnn(C)c2)Cc2cnn(C)c2)cc1. The minimum atomic E-state index is -3.67. The first-order chi connectivity index (χ1) is 13.3. The van der Waals surface area contributed by atoms with Gasteiger partial charge in [0.25, 0.3) is 0 Å². The van der Waals surface area contributed by atoms with E-state index in [9.17, 15) is 8.42 Å². The summed E-state index contributed by atoms with van der Waals surface area (Å²) in [5.74, 6) is 0.402. The van der Waals surface area contributed by atoms with E-state index in [-0.39, 0.29) is 13.1 Å². The molecule has 0 N–H and O–H groups in total. The van der Waals surface area contributed by atoms with Gasteiger partial charge in [-0.1, -0.05) is 26.0 Å². The molecule has 0 aliphatic rings. The summed E-state index contributed by atoms with van der Waals surface area (Å²) in [6.07, 6.45) is 8.06. The summed E-state index contributed by atoms with van der Waals surface area (Å²) in [4.78, 5) is 0.298. The quantitative estimate of drug-likeness (QED) is 0.581. The zero-order valence-electron chi connectivity index (χ0n) is 16.8. The van der Waals surface area contributed by atoms with Gasteiger partial charge in [0, 0.05) is 50.7 Å². The largest absolute Gasteiger partial charge is 0.275 e. The first-order valence-corrected chi connectivity index (χ1v) is 10.8. The molecule has 0 radical (unpaired) electrons. The third-order valence-electron chi connectivity index (χ3n) is 4.93. The van der Waals surface area contributed by atoms with Gasteiger partial charge >= 0.3 is 0 Å². The number of aryl methyl sites for hydroxylation is 2. The smallest absolute Gasteiger partial charge is 0.243 e. The van der Waals surface area contributed by atoms with E-state index in [1.54, 1.807) is 33.9 Å². The fourth-order valence-electron chi connectivity index (χ4n) is 3.09. The standard InChI is InChI=1S/C20H27N5O2S/c1-5-16(2)19-6-8-20(9-7-19)28(26,27)25(14-17-10-21-23(3)12-17)15-18-11-22-24(4)13-18/h6-13,16H,5,14-15H2,1-4H3. The summed E-state index contributed by atoms with van der Waals surface area (Å²) in [7, 11) is -0.0358. The second-order valence-corrected chi connectivity index (χ2v) is 9.13. The highest BCUT2D eigenvalue weighted by molar-refractivity contribution is 7.89. The van der Waals surface area contributed by atoms with Crippen molar-refractivity contribution >= 4 is 10.0 Å². The van der Waals surface area contributed by atoms with Crippen LogP contribution in [-0.4, -0.2) is 32.3 Å². The van der Waals surface area contributed by atoms with E-state index >= 15 is 0 Å². The Morgan fingerprint density at radius 2 is 1.46 bits per heavy atom. The fourth-order valence-corrected chi connectivity index (χ4v) is 4.51. The second-order valence-electron chi connectivity index (χ2n) is 7.20. The molecule has 0 saturated heterocycles. The maximum atomic E-state index is 13.4. The lowest BCUT2D eigenvalue weighted by molar-refractivity contribution is 0.401. The van der Waals surface area contributed by atoms with Crippen molar-refractivity contribution in [1.29, 1.82) is 0 Å². The highest BCUT2D eigenvalue weighted by Crippen LogP contribution is 2.24. The van der Waals surface area contributed by atoms with Crippen molar-refractivity contribution in [2.75, 3.05) is 0 Å². The molecule has 3 aromatic rings. The molecule has 0 aliphatic carbocycles. The molecule has 0 aliphatic heterocycles. The Morgan fingerprint density at radius 3 is 1.86 bits per heavy atom. The molecule has 0 spiro atoms. The summed E-state index contributed by atoms with van der Waals surface area (Å²) in [5, 5.41) is 8.31. The summed E-state index contributed by atoms with van der Waals surface area (Å²) in [6.45, 7) is 4.76. The van der Waals surface area contributed by atoms with Gasteiger partial charge in [0.1, 0.15) is 0 Å². The molecule has 3 rings (SSSR count). The van der Waals surface area contributed by atoms with Gasteiger partial charge in [-0.05, 0) is 30.0 Å². The van der Waals surface area contributed by atoms with E-state index in [4.69, 9.17) is 0 Å². The number of nitrogens with zero attached hydrogens (tertiary/aromatic N) is 5. The summed E-state index contributed by atoms with van der Waals surface area (Å²) >= 11 is 0. The number of rotatable bonds is 8. The molecule has 0 saturated carbocycles. The Balaban J connectivity index is 1.92. The Bertz CT molecular complexity index is 979. The molecule has 28 heavy (non-hydrogen) atoms. The lowest BCUT2D eigenvalue weighted by Crippen LogP contribution is -2.30. The Kier molecular flexibility index (Phi) is 6.00. The van der Waals surface area contributed by atoms with Crippen LogP contribution in [0.2, 0.25) is 0 Å². The van der Waals surface area contributed by atoms with Crippen molar-refractivity contribution in [2.45, 2.75) is 44.2 Å². The first-order valence-electron chi connectivity index (χ1n) is 9.34. The highest BCUT2D eigenvalue weighted by atomic mass is 32.2. The van der Waals surface area contributed by atoms with Gasteiger partial charge in [-0.15, -0.1) is 0 Å². The van der Waals surface area contributed by atoms with E-state index in [2.05, 4.69) is 24.0 Å². The summed E-state index contributed by atoms with van der Waals surface area (Å²) in [6, 6.07) is 7.23. The van der Waals surface area contributed by atoms with E-state index in [1.807, 2.05) is 38.6 Å². The minimum absolute atomic E-state index is 0.248. The maximum Gasteiger partial charge on any atom is 0.243 e.